The molecule has 34 heavy (non-hydrogen) atoms. The highest BCUT2D eigenvalue weighted by molar-refractivity contribution is 5.94. The number of methoxy groups -OCH3 is 2. The fourth-order valence-electron chi connectivity index (χ4n) is 3.76. The number of benzene rings is 2. The Hall–Kier alpha value is -3.26. The lowest BCUT2D eigenvalue weighted by molar-refractivity contribution is 0.0524. The third-order valence-corrected chi connectivity index (χ3v) is 5.58. The molecule has 1 heterocycles. The van der Waals surface area contributed by atoms with E-state index in [0.717, 1.165) is 5.56 Å². The summed E-state index contributed by atoms with van der Waals surface area (Å²) in [6, 6.07) is 8.53. The van der Waals surface area contributed by atoms with Crippen molar-refractivity contribution in [1.82, 2.24) is 4.57 Å². The summed E-state index contributed by atoms with van der Waals surface area (Å²) in [5.41, 5.74) is 1.32. The Balaban J connectivity index is 0.00000408. The van der Waals surface area contributed by atoms with Crippen LogP contribution in [0.4, 0.5) is 10.1 Å². The molecule has 9 heteroatoms. The van der Waals surface area contributed by atoms with Crippen molar-refractivity contribution < 1.29 is 23.4 Å². The van der Waals surface area contributed by atoms with Crippen LogP contribution in [0.5, 0.6) is 11.5 Å². The van der Waals surface area contributed by atoms with Gasteiger partial charge in [0.2, 0.25) is 5.43 Å². The second-order valence-corrected chi connectivity index (χ2v) is 7.56. The molecule has 3 aromatic rings. The summed E-state index contributed by atoms with van der Waals surface area (Å²) in [4.78, 5) is 26.8. The van der Waals surface area contributed by atoms with Gasteiger partial charge in [-0.25, -0.2) is 9.18 Å². The molecule has 0 fully saturated rings. The number of hydrogen-bond donors (Lipinski definition) is 0. The quantitative estimate of drug-likeness (QED) is 0.411. The molecule has 0 saturated carbocycles. The normalized spacial score (nSPS) is 10.5. The second-order valence-electron chi connectivity index (χ2n) is 7.56. The van der Waals surface area contributed by atoms with Gasteiger partial charge in [-0.1, -0.05) is 6.07 Å². The van der Waals surface area contributed by atoms with Gasteiger partial charge in [-0.2, -0.15) is 0 Å². The maximum atomic E-state index is 15.1. The first-order valence-corrected chi connectivity index (χ1v) is 10.8. The van der Waals surface area contributed by atoms with Gasteiger partial charge in [0.25, 0.3) is 0 Å². The monoisotopic (exact) mass is 492 g/mol. The number of hydrogen-bond acceptors (Lipinski definition) is 6. The van der Waals surface area contributed by atoms with Crippen LogP contribution in [0.15, 0.2) is 41.3 Å². The van der Waals surface area contributed by atoms with Crippen molar-refractivity contribution in [3.8, 4) is 11.5 Å². The number of rotatable bonds is 9. The molecule has 0 aliphatic heterocycles. The largest absolute Gasteiger partial charge is 0.493 e. The van der Waals surface area contributed by atoms with E-state index < -0.39 is 17.2 Å². The van der Waals surface area contributed by atoms with Gasteiger partial charge in [0.1, 0.15) is 11.4 Å². The van der Waals surface area contributed by atoms with Crippen LogP contribution in [-0.4, -0.2) is 45.0 Å². The molecule has 184 valence electrons. The molecule has 0 saturated heterocycles. The molecular formula is C25H30ClFN2O5. The number of nitrogens with zero attached hydrogens (tertiary/aromatic N) is 2. The molecule has 2 aromatic carbocycles. The summed E-state index contributed by atoms with van der Waals surface area (Å²) < 4.78 is 32.4. The van der Waals surface area contributed by atoms with E-state index in [1.807, 2.05) is 25.1 Å². The number of fused-ring (bicyclic) bond motifs is 1. The van der Waals surface area contributed by atoms with E-state index in [1.165, 1.54) is 12.3 Å². The van der Waals surface area contributed by atoms with Gasteiger partial charge in [0.15, 0.2) is 11.5 Å². The van der Waals surface area contributed by atoms with Crippen LogP contribution in [0, 0.1) is 5.82 Å². The van der Waals surface area contributed by atoms with Crippen molar-refractivity contribution in [2.24, 2.45) is 0 Å². The van der Waals surface area contributed by atoms with Crippen molar-refractivity contribution in [1.29, 1.82) is 0 Å². The standard InChI is InChI=1S/C25H29FN2O5.ClH/c1-6-28-15-18(25(30)33-7-2)24(29)17-13-19(26)21(14-20(17)28)27(3)11-10-16-8-9-22(31-4)23(12-16)32-5;/h8-9,12-15H,6-7,10-11H2,1-5H3;1H. The average molecular weight is 493 g/mol. The Morgan fingerprint density at radius 3 is 2.41 bits per heavy atom. The van der Waals surface area contributed by atoms with Crippen LogP contribution in [0.2, 0.25) is 0 Å². The predicted molar refractivity (Wildman–Crippen MR) is 134 cm³/mol. The van der Waals surface area contributed by atoms with Crippen molar-refractivity contribution in [2.75, 3.05) is 39.3 Å². The number of ether oxygens (including phenoxy) is 3. The number of pyridine rings is 1. The lowest BCUT2D eigenvalue weighted by atomic mass is 10.1. The molecule has 0 bridgehead atoms. The Kier molecular flexibility index (Phi) is 9.32. The molecular weight excluding hydrogens is 463 g/mol. The van der Waals surface area contributed by atoms with Gasteiger partial charge in [0, 0.05) is 31.7 Å². The first-order valence-electron chi connectivity index (χ1n) is 10.8. The van der Waals surface area contributed by atoms with E-state index in [-0.39, 0.29) is 30.0 Å². The van der Waals surface area contributed by atoms with E-state index in [4.69, 9.17) is 14.2 Å². The van der Waals surface area contributed by atoms with Crippen molar-refractivity contribution in [3.63, 3.8) is 0 Å². The zero-order valence-corrected chi connectivity index (χ0v) is 20.8. The third-order valence-electron chi connectivity index (χ3n) is 5.58. The van der Waals surface area contributed by atoms with E-state index in [2.05, 4.69) is 0 Å². The fraction of sp³-hybridized carbons (Fsp3) is 0.360. The summed E-state index contributed by atoms with van der Waals surface area (Å²) >= 11 is 0. The smallest absolute Gasteiger partial charge is 0.343 e. The minimum absolute atomic E-state index is 0. The van der Waals surface area contributed by atoms with E-state index in [1.54, 1.807) is 43.7 Å². The van der Waals surface area contributed by atoms with Crippen LogP contribution in [0.1, 0.15) is 29.8 Å². The summed E-state index contributed by atoms with van der Waals surface area (Å²) in [5.74, 6) is 0.0509. The maximum absolute atomic E-state index is 15.1. The van der Waals surface area contributed by atoms with Crippen LogP contribution in [0.3, 0.4) is 0 Å². The van der Waals surface area contributed by atoms with Gasteiger partial charge >= 0.3 is 5.97 Å². The molecule has 0 unspecified atom stereocenters. The number of likely N-dealkylation sites (N-methyl/N-ethyl adjacent to an activating group) is 1. The number of carbonyl (C=O) groups excluding carboxylic acids is 1. The zero-order chi connectivity index (χ0) is 24.1. The molecule has 7 nitrogen and oxygen atoms in total. The summed E-state index contributed by atoms with van der Waals surface area (Å²) in [5, 5.41) is 0.150. The fourth-order valence-corrected chi connectivity index (χ4v) is 3.76. The number of aryl methyl sites for hydroxylation is 1. The maximum Gasteiger partial charge on any atom is 0.343 e. The van der Waals surface area contributed by atoms with Crippen LogP contribution < -0.4 is 19.8 Å². The van der Waals surface area contributed by atoms with Crippen LogP contribution in [-0.2, 0) is 17.7 Å². The molecule has 3 rings (SSSR count). The second kappa shape index (κ2) is 11.7. The predicted octanol–water partition coefficient (Wildman–Crippen LogP) is 4.46. The Morgan fingerprint density at radius 2 is 1.79 bits per heavy atom. The summed E-state index contributed by atoms with van der Waals surface area (Å²) in [7, 11) is 4.96. The molecule has 0 spiro atoms. The van der Waals surface area contributed by atoms with Crippen molar-refractivity contribution in [3.05, 3.63) is 63.7 Å². The Morgan fingerprint density at radius 1 is 1.09 bits per heavy atom. The molecule has 0 amide bonds. The minimum atomic E-state index is -0.705. The Bertz CT molecular complexity index is 1230. The lowest BCUT2D eigenvalue weighted by Crippen LogP contribution is -2.24. The summed E-state index contributed by atoms with van der Waals surface area (Å²) in [6.45, 7) is 4.75. The molecule has 0 radical (unpaired) electrons. The average Bonchev–Trinajstić information content (AvgIpc) is 2.82. The SMILES string of the molecule is CCOC(=O)c1cn(CC)c2cc(N(C)CCc3ccc(OC)c(OC)c3)c(F)cc2c1=O.Cl. The Labute approximate surface area is 204 Å². The van der Waals surface area contributed by atoms with Gasteiger partial charge in [-0.05, 0) is 50.1 Å². The first kappa shape index (κ1) is 27.0. The molecule has 0 atom stereocenters. The molecule has 0 aliphatic carbocycles. The first-order chi connectivity index (χ1) is 15.8. The number of anilines is 1. The molecule has 1 aromatic heterocycles. The molecule has 0 N–H and O–H groups in total. The highest BCUT2D eigenvalue weighted by Crippen LogP contribution is 2.29. The van der Waals surface area contributed by atoms with Gasteiger partial charge in [-0.15, -0.1) is 12.4 Å². The van der Waals surface area contributed by atoms with Crippen molar-refractivity contribution >= 4 is 35.0 Å². The topological polar surface area (TPSA) is 70.0 Å². The highest BCUT2D eigenvalue weighted by Gasteiger charge is 2.19. The van der Waals surface area contributed by atoms with E-state index in [0.29, 0.717) is 42.2 Å². The number of carbonyl (C=O) groups is 1. The zero-order valence-electron chi connectivity index (χ0n) is 20.0. The molecule has 0 aliphatic rings. The van der Waals surface area contributed by atoms with Crippen molar-refractivity contribution in [2.45, 2.75) is 26.8 Å². The van der Waals surface area contributed by atoms with Gasteiger partial charge in [0.05, 0.1) is 32.0 Å². The number of aromatic nitrogens is 1. The highest BCUT2D eigenvalue weighted by atomic mass is 35.5. The van der Waals surface area contributed by atoms with Crippen LogP contribution in [0.25, 0.3) is 10.9 Å². The van der Waals surface area contributed by atoms with Gasteiger partial charge in [-0.3, -0.25) is 4.79 Å². The minimum Gasteiger partial charge on any atom is -0.493 e. The van der Waals surface area contributed by atoms with Crippen LogP contribution >= 0.6 is 12.4 Å². The van der Waals surface area contributed by atoms with E-state index in [9.17, 15) is 9.59 Å². The van der Waals surface area contributed by atoms with Gasteiger partial charge < -0.3 is 23.7 Å². The lowest BCUT2D eigenvalue weighted by Gasteiger charge is -2.22. The number of esters is 1. The summed E-state index contributed by atoms with van der Waals surface area (Å²) in [6.07, 6.45) is 2.13. The number of halogens is 2. The van der Waals surface area contributed by atoms with E-state index >= 15 is 4.39 Å². The third kappa shape index (κ3) is 5.44.